The lowest BCUT2D eigenvalue weighted by Crippen LogP contribution is -2.46. The zero-order valence-corrected chi connectivity index (χ0v) is 15.8. The molecule has 1 rings (SSSR count). The quantitative estimate of drug-likeness (QED) is 0.284. The van der Waals surface area contributed by atoms with E-state index in [1.54, 1.807) is 20.8 Å². The average Bonchev–Trinajstić information content (AvgIpc) is 3.24. The molecule has 0 radical (unpaired) electrons. The number of hydrogen-bond donors (Lipinski definition) is 2. The van der Waals surface area contributed by atoms with Crippen LogP contribution in [0, 0.1) is 10.8 Å². The second kappa shape index (κ2) is 8.70. The van der Waals surface area contributed by atoms with E-state index in [0.717, 1.165) is 25.7 Å². The molecule has 0 spiro atoms. The number of ether oxygens (including phenoxy) is 2. The van der Waals surface area contributed by atoms with Crippen molar-refractivity contribution in [1.82, 2.24) is 5.32 Å². The van der Waals surface area contributed by atoms with Gasteiger partial charge in [0.15, 0.2) is 0 Å². The van der Waals surface area contributed by atoms with Gasteiger partial charge in [-0.3, -0.25) is 0 Å². The minimum absolute atomic E-state index is 0.129. The number of amides is 1. The lowest BCUT2D eigenvalue weighted by atomic mass is 9.92. The maximum Gasteiger partial charge on any atom is 0.408 e. The van der Waals surface area contributed by atoms with Crippen molar-refractivity contribution >= 4 is 29.4 Å². The number of carbonyl (C=O) groups is 2. The van der Waals surface area contributed by atoms with Crippen molar-refractivity contribution in [3.05, 3.63) is 0 Å². The molecule has 2 N–H and O–H groups in total. The van der Waals surface area contributed by atoms with Gasteiger partial charge in [0.1, 0.15) is 11.6 Å². The summed E-state index contributed by atoms with van der Waals surface area (Å²) < 4.78 is 10.5. The first-order valence-electron chi connectivity index (χ1n) is 8.43. The number of nitrogens with one attached hydrogen (secondary N) is 2. The SMILES string of the molecule is CCCCOC(=O)[C@H](CC1(C(=N)CCl)CC1)NC(=O)OC(C)(C)C. The van der Waals surface area contributed by atoms with E-state index in [1.807, 2.05) is 6.92 Å². The fourth-order valence-electron chi connectivity index (χ4n) is 2.37. The summed E-state index contributed by atoms with van der Waals surface area (Å²) in [5.41, 5.74) is -0.645. The second-order valence-electron chi connectivity index (χ2n) is 7.32. The third kappa shape index (κ3) is 6.67. The van der Waals surface area contributed by atoms with Gasteiger partial charge in [-0.05, 0) is 46.5 Å². The molecule has 0 aromatic rings. The van der Waals surface area contributed by atoms with Crippen LogP contribution in [0.5, 0.6) is 0 Å². The van der Waals surface area contributed by atoms with E-state index >= 15 is 0 Å². The molecular weight excluding hydrogens is 332 g/mol. The Morgan fingerprint density at radius 1 is 1.33 bits per heavy atom. The number of alkyl carbamates (subject to hydrolysis) is 1. The van der Waals surface area contributed by atoms with E-state index in [9.17, 15) is 9.59 Å². The van der Waals surface area contributed by atoms with Crippen molar-refractivity contribution in [2.75, 3.05) is 12.5 Å². The predicted octanol–water partition coefficient (Wildman–Crippen LogP) is 3.65. The summed E-state index contributed by atoms with van der Waals surface area (Å²) in [6, 6.07) is -0.831. The van der Waals surface area contributed by atoms with Gasteiger partial charge in [0, 0.05) is 11.1 Å². The Balaban J connectivity index is 2.74. The lowest BCUT2D eigenvalue weighted by molar-refractivity contribution is -0.146. The van der Waals surface area contributed by atoms with Gasteiger partial charge in [-0.1, -0.05) is 13.3 Å². The number of unbranched alkanes of at least 4 members (excludes halogenated alkanes) is 1. The minimum Gasteiger partial charge on any atom is -0.464 e. The molecule has 1 amide bonds. The summed E-state index contributed by atoms with van der Waals surface area (Å²) in [6.45, 7) is 7.60. The largest absolute Gasteiger partial charge is 0.464 e. The molecular formula is C17H29ClN2O4. The Kier molecular flexibility index (Phi) is 7.52. The molecule has 6 nitrogen and oxygen atoms in total. The zero-order chi connectivity index (χ0) is 18.4. The maximum absolute atomic E-state index is 12.3. The first kappa shape index (κ1) is 20.7. The van der Waals surface area contributed by atoms with Gasteiger partial charge in [-0.25, -0.2) is 9.59 Å². The number of rotatable bonds is 9. The molecule has 138 valence electrons. The van der Waals surface area contributed by atoms with E-state index in [-0.39, 0.29) is 5.88 Å². The highest BCUT2D eigenvalue weighted by Crippen LogP contribution is 2.50. The molecule has 1 aliphatic rings. The van der Waals surface area contributed by atoms with Crippen LogP contribution in [0.2, 0.25) is 0 Å². The van der Waals surface area contributed by atoms with Gasteiger partial charge in [0.25, 0.3) is 0 Å². The number of esters is 1. The summed E-state index contributed by atoms with van der Waals surface area (Å²) in [4.78, 5) is 24.4. The smallest absolute Gasteiger partial charge is 0.408 e. The van der Waals surface area contributed by atoms with Crippen molar-refractivity contribution in [1.29, 1.82) is 5.41 Å². The molecule has 0 bridgehead atoms. The Hall–Kier alpha value is -1.30. The average molecular weight is 361 g/mol. The normalized spacial score (nSPS) is 16.9. The first-order chi connectivity index (χ1) is 11.1. The highest BCUT2D eigenvalue weighted by atomic mass is 35.5. The summed E-state index contributed by atoms with van der Waals surface area (Å²) >= 11 is 5.78. The van der Waals surface area contributed by atoms with Crippen molar-refractivity contribution in [2.45, 2.75) is 71.4 Å². The van der Waals surface area contributed by atoms with Crippen LogP contribution in [0.15, 0.2) is 0 Å². The number of halogens is 1. The maximum atomic E-state index is 12.3. The van der Waals surface area contributed by atoms with Crippen molar-refractivity contribution in [3.63, 3.8) is 0 Å². The molecule has 0 heterocycles. The Morgan fingerprint density at radius 3 is 2.42 bits per heavy atom. The molecule has 24 heavy (non-hydrogen) atoms. The summed E-state index contributed by atoms with van der Waals surface area (Å²) in [5.74, 6) is -0.354. The lowest BCUT2D eigenvalue weighted by Gasteiger charge is -2.25. The van der Waals surface area contributed by atoms with Crippen LogP contribution in [-0.4, -0.2) is 41.9 Å². The van der Waals surface area contributed by atoms with E-state index < -0.39 is 29.1 Å². The van der Waals surface area contributed by atoms with Crippen molar-refractivity contribution < 1.29 is 19.1 Å². The van der Waals surface area contributed by atoms with Gasteiger partial charge < -0.3 is 20.2 Å². The first-order valence-corrected chi connectivity index (χ1v) is 8.97. The van der Waals surface area contributed by atoms with Crippen LogP contribution in [0.25, 0.3) is 0 Å². The van der Waals surface area contributed by atoms with E-state index in [0.29, 0.717) is 18.7 Å². The topological polar surface area (TPSA) is 88.5 Å². The highest BCUT2D eigenvalue weighted by Gasteiger charge is 2.49. The monoisotopic (exact) mass is 360 g/mol. The molecule has 7 heteroatoms. The molecule has 0 aromatic heterocycles. The predicted molar refractivity (Wildman–Crippen MR) is 93.8 cm³/mol. The molecule has 1 aliphatic carbocycles. The molecule has 1 saturated carbocycles. The summed E-state index contributed by atoms with van der Waals surface area (Å²) in [6.07, 6.45) is 2.95. The van der Waals surface area contributed by atoms with Crippen LogP contribution in [0.1, 0.15) is 59.8 Å². The molecule has 0 saturated heterocycles. The van der Waals surface area contributed by atoms with Gasteiger partial charge in [0.2, 0.25) is 0 Å². The van der Waals surface area contributed by atoms with Crippen LogP contribution in [0.3, 0.4) is 0 Å². The van der Waals surface area contributed by atoms with Crippen molar-refractivity contribution in [3.8, 4) is 0 Å². The third-order valence-corrected chi connectivity index (χ3v) is 4.21. The summed E-state index contributed by atoms with van der Waals surface area (Å²) in [7, 11) is 0. The fourth-order valence-corrected chi connectivity index (χ4v) is 2.66. The van der Waals surface area contributed by atoms with E-state index in [4.69, 9.17) is 26.5 Å². The molecule has 1 atom stereocenters. The highest BCUT2D eigenvalue weighted by molar-refractivity contribution is 6.29. The standard InChI is InChI=1S/C17H29ClN2O4/c1-5-6-9-23-14(21)12(20-15(22)24-16(2,3)4)10-17(7-8-17)13(19)11-18/h12,19H,5-11H2,1-4H3,(H,20,22)/t12-/m0/s1. The van der Waals surface area contributed by atoms with Gasteiger partial charge in [0.05, 0.1) is 12.5 Å². The number of hydrogen-bond acceptors (Lipinski definition) is 5. The third-order valence-electron chi connectivity index (χ3n) is 3.94. The Labute approximate surface area is 149 Å². The summed E-state index contributed by atoms with van der Waals surface area (Å²) in [5, 5.41) is 10.6. The Bertz CT molecular complexity index is 470. The second-order valence-corrected chi connectivity index (χ2v) is 7.58. The molecule has 0 unspecified atom stereocenters. The zero-order valence-electron chi connectivity index (χ0n) is 15.0. The van der Waals surface area contributed by atoms with Crippen molar-refractivity contribution in [2.24, 2.45) is 5.41 Å². The van der Waals surface area contributed by atoms with Crippen LogP contribution >= 0.6 is 11.6 Å². The fraction of sp³-hybridized carbons (Fsp3) is 0.824. The van der Waals surface area contributed by atoms with Crippen LogP contribution in [-0.2, 0) is 14.3 Å². The number of carbonyl (C=O) groups excluding carboxylic acids is 2. The van der Waals surface area contributed by atoms with Gasteiger partial charge >= 0.3 is 12.1 Å². The molecule has 0 aromatic carbocycles. The van der Waals surface area contributed by atoms with Gasteiger partial charge in [-0.15, -0.1) is 11.6 Å². The van der Waals surface area contributed by atoms with Crippen LogP contribution in [0.4, 0.5) is 4.79 Å². The number of alkyl halides is 1. The van der Waals surface area contributed by atoms with E-state index in [2.05, 4.69) is 5.32 Å². The minimum atomic E-state index is -0.831. The molecule has 1 fully saturated rings. The molecule has 0 aliphatic heterocycles. The van der Waals surface area contributed by atoms with Crippen LogP contribution < -0.4 is 5.32 Å². The van der Waals surface area contributed by atoms with Gasteiger partial charge in [-0.2, -0.15) is 0 Å². The Morgan fingerprint density at radius 2 is 1.96 bits per heavy atom. The van der Waals surface area contributed by atoms with E-state index in [1.165, 1.54) is 0 Å².